The molecule has 27 heavy (non-hydrogen) atoms. The number of amides is 1. The Morgan fingerprint density at radius 3 is 2.67 bits per heavy atom. The molecular weight excluding hydrogens is 342 g/mol. The van der Waals surface area contributed by atoms with Crippen LogP contribution < -0.4 is 5.32 Å². The quantitative estimate of drug-likeness (QED) is 0.611. The summed E-state index contributed by atoms with van der Waals surface area (Å²) < 4.78 is 0. The second-order valence-electron chi connectivity index (χ2n) is 6.90. The Bertz CT molecular complexity index is 735. The van der Waals surface area contributed by atoms with Crippen LogP contribution in [0.2, 0.25) is 0 Å². The highest BCUT2D eigenvalue weighted by Gasteiger charge is 2.24. The number of H-pyrrole nitrogens is 1. The van der Waals surface area contributed by atoms with E-state index in [-0.39, 0.29) is 12.5 Å². The number of aromatic nitrogens is 3. The second kappa shape index (κ2) is 9.16. The number of hydrogen-bond donors (Lipinski definition) is 2. The van der Waals surface area contributed by atoms with Gasteiger partial charge in [-0.15, -0.1) is 0 Å². The van der Waals surface area contributed by atoms with Crippen LogP contribution in [0.15, 0.2) is 41.7 Å². The number of piperidine rings is 1. The molecule has 1 fully saturated rings. The molecule has 8 nitrogen and oxygen atoms in total. The highest BCUT2D eigenvalue weighted by atomic mass is 16.2. The van der Waals surface area contributed by atoms with Crippen LogP contribution in [0.3, 0.4) is 0 Å². The number of aliphatic imine (C=N–C) groups is 1. The molecule has 2 aromatic rings. The van der Waals surface area contributed by atoms with Crippen molar-refractivity contribution in [2.75, 3.05) is 33.7 Å². The van der Waals surface area contributed by atoms with Crippen molar-refractivity contribution in [3.8, 4) is 0 Å². The summed E-state index contributed by atoms with van der Waals surface area (Å²) in [6.45, 7) is 2.55. The first-order valence-corrected chi connectivity index (χ1v) is 9.26. The standard InChI is InChI=1S/C19H27N7O/c1-25(2)17(27)13-21-19(20-12-15-6-4-3-5-7-15)26-10-8-16(9-11-26)18-22-14-23-24-18/h3-7,14,16H,8-13H2,1-2H3,(H,20,21)(H,22,23,24). The fourth-order valence-electron chi connectivity index (χ4n) is 3.11. The summed E-state index contributed by atoms with van der Waals surface area (Å²) in [5.74, 6) is 2.15. The van der Waals surface area contributed by atoms with Crippen molar-refractivity contribution >= 4 is 11.9 Å². The van der Waals surface area contributed by atoms with Gasteiger partial charge < -0.3 is 15.1 Å². The van der Waals surface area contributed by atoms with Crippen LogP contribution in [-0.4, -0.2) is 70.6 Å². The molecule has 0 bridgehead atoms. The lowest BCUT2D eigenvalue weighted by Gasteiger charge is -2.33. The summed E-state index contributed by atoms with van der Waals surface area (Å²) in [7, 11) is 3.52. The molecule has 2 heterocycles. The second-order valence-corrected chi connectivity index (χ2v) is 6.90. The van der Waals surface area contributed by atoms with Crippen LogP contribution in [0.1, 0.15) is 30.1 Å². The highest BCUT2D eigenvalue weighted by molar-refractivity contribution is 5.86. The summed E-state index contributed by atoms with van der Waals surface area (Å²) in [6.07, 6.45) is 3.51. The van der Waals surface area contributed by atoms with Gasteiger partial charge in [-0.2, -0.15) is 5.10 Å². The molecule has 0 unspecified atom stereocenters. The number of aromatic amines is 1. The van der Waals surface area contributed by atoms with Gasteiger partial charge in [-0.1, -0.05) is 30.3 Å². The van der Waals surface area contributed by atoms with Crippen molar-refractivity contribution in [3.63, 3.8) is 0 Å². The van der Waals surface area contributed by atoms with Crippen molar-refractivity contribution in [3.05, 3.63) is 48.0 Å². The van der Waals surface area contributed by atoms with E-state index in [1.807, 2.05) is 18.2 Å². The summed E-state index contributed by atoms with van der Waals surface area (Å²) in [6, 6.07) is 10.1. The van der Waals surface area contributed by atoms with Gasteiger partial charge in [-0.05, 0) is 18.4 Å². The number of likely N-dealkylation sites (tertiary alicyclic amines) is 1. The fourth-order valence-corrected chi connectivity index (χ4v) is 3.11. The predicted octanol–water partition coefficient (Wildman–Crippen LogP) is 1.22. The third kappa shape index (κ3) is 5.29. The third-order valence-electron chi connectivity index (χ3n) is 4.77. The Kier molecular flexibility index (Phi) is 6.40. The number of likely N-dealkylation sites (N-methyl/N-ethyl adjacent to an activating group) is 1. The van der Waals surface area contributed by atoms with Crippen LogP contribution in [0.25, 0.3) is 0 Å². The first-order valence-electron chi connectivity index (χ1n) is 9.26. The van der Waals surface area contributed by atoms with Crippen LogP contribution >= 0.6 is 0 Å². The van der Waals surface area contributed by atoms with Crippen molar-refractivity contribution in [1.82, 2.24) is 30.3 Å². The Labute approximate surface area is 159 Å². The molecule has 0 aliphatic carbocycles. The Balaban J connectivity index is 1.64. The van der Waals surface area contributed by atoms with E-state index in [0.29, 0.717) is 12.5 Å². The van der Waals surface area contributed by atoms with Gasteiger partial charge in [0.25, 0.3) is 0 Å². The van der Waals surface area contributed by atoms with E-state index < -0.39 is 0 Å². The largest absolute Gasteiger partial charge is 0.347 e. The number of benzene rings is 1. The minimum Gasteiger partial charge on any atom is -0.347 e. The van der Waals surface area contributed by atoms with Gasteiger partial charge in [0.15, 0.2) is 5.96 Å². The first kappa shape index (κ1) is 18.9. The maximum atomic E-state index is 12.0. The molecule has 144 valence electrons. The number of carbonyl (C=O) groups is 1. The van der Waals surface area contributed by atoms with Crippen LogP contribution in [0.4, 0.5) is 0 Å². The van der Waals surface area contributed by atoms with E-state index in [1.165, 1.54) is 0 Å². The number of nitrogens with one attached hydrogen (secondary N) is 2. The molecule has 1 saturated heterocycles. The topological polar surface area (TPSA) is 89.5 Å². The number of rotatable bonds is 5. The molecular formula is C19H27N7O. The Hall–Kier alpha value is -2.90. The number of carbonyl (C=O) groups excluding carboxylic acids is 1. The normalized spacial score (nSPS) is 15.6. The zero-order chi connectivity index (χ0) is 19.1. The van der Waals surface area contributed by atoms with E-state index in [4.69, 9.17) is 4.99 Å². The lowest BCUT2D eigenvalue weighted by Crippen LogP contribution is -2.48. The molecule has 0 spiro atoms. The van der Waals surface area contributed by atoms with Crippen LogP contribution in [0.5, 0.6) is 0 Å². The van der Waals surface area contributed by atoms with E-state index in [0.717, 1.165) is 43.3 Å². The number of guanidine groups is 1. The molecule has 2 N–H and O–H groups in total. The van der Waals surface area contributed by atoms with Crippen molar-refractivity contribution in [2.24, 2.45) is 4.99 Å². The minimum atomic E-state index is 0.0268. The lowest BCUT2D eigenvalue weighted by molar-refractivity contribution is -0.127. The highest BCUT2D eigenvalue weighted by Crippen LogP contribution is 2.25. The molecule has 0 atom stereocenters. The van der Waals surface area contributed by atoms with E-state index in [2.05, 4.69) is 37.5 Å². The Morgan fingerprint density at radius 2 is 2.04 bits per heavy atom. The lowest BCUT2D eigenvalue weighted by atomic mass is 9.96. The molecule has 1 aliphatic rings. The van der Waals surface area contributed by atoms with Gasteiger partial charge in [0, 0.05) is 33.1 Å². The van der Waals surface area contributed by atoms with Gasteiger partial charge >= 0.3 is 0 Å². The third-order valence-corrected chi connectivity index (χ3v) is 4.77. The monoisotopic (exact) mass is 369 g/mol. The van der Waals surface area contributed by atoms with Crippen LogP contribution in [-0.2, 0) is 11.3 Å². The summed E-state index contributed by atoms with van der Waals surface area (Å²) in [4.78, 5) is 24.8. The number of nitrogens with zero attached hydrogens (tertiary/aromatic N) is 5. The molecule has 1 aliphatic heterocycles. The zero-order valence-electron chi connectivity index (χ0n) is 15.9. The molecule has 0 saturated carbocycles. The predicted molar refractivity (Wildman–Crippen MR) is 104 cm³/mol. The Morgan fingerprint density at radius 1 is 1.30 bits per heavy atom. The van der Waals surface area contributed by atoms with E-state index >= 15 is 0 Å². The maximum Gasteiger partial charge on any atom is 0.241 e. The minimum absolute atomic E-state index is 0.0268. The van der Waals surface area contributed by atoms with E-state index in [1.54, 1.807) is 25.3 Å². The summed E-state index contributed by atoms with van der Waals surface area (Å²) in [5, 5.41) is 10.2. The SMILES string of the molecule is CN(C)C(=O)CNC(=NCc1ccccc1)N1CCC(c2ncn[nH]2)CC1. The first-order chi connectivity index (χ1) is 13.1. The molecule has 3 rings (SSSR count). The molecule has 1 amide bonds. The molecule has 8 heteroatoms. The summed E-state index contributed by atoms with van der Waals surface area (Å²) in [5.41, 5.74) is 1.15. The molecule has 1 aromatic carbocycles. The van der Waals surface area contributed by atoms with Crippen molar-refractivity contribution < 1.29 is 4.79 Å². The van der Waals surface area contributed by atoms with Gasteiger partial charge in [0.05, 0.1) is 13.1 Å². The average Bonchev–Trinajstić information content (AvgIpc) is 3.23. The number of hydrogen-bond acceptors (Lipinski definition) is 4. The molecule has 0 radical (unpaired) electrons. The van der Waals surface area contributed by atoms with Crippen molar-refractivity contribution in [1.29, 1.82) is 0 Å². The fraction of sp³-hybridized carbons (Fsp3) is 0.474. The van der Waals surface area contributed by atoms with Crippen molar-refractivity contribution in [2.45, 2.75) is 25.3 Å². The van der Waals surface area contributed by atoms with Gasteiger partial charge in [0.2, 0.25) is 5.91 Å². The van der Waals surface area contributed by atoms with Gasteiger partial charge in [-0.3, -0.25) is 9.89 Å². The van der Waals surface area contributed by atoms with Gasteiger partial charge in [0.1, 0.15) is 12.2 Å². The van der Waals surface area contributed by atoms with E-state index in [9.17, 15) is 4.79 Å². The van der Waals surface area contributed by atoms with Crippen LogP contribution in [0, 0.1) is 0 Å². The zero-order valence-corrected chi connectivity index (χ0v) is 15.9. The average molecular weight is 369 g/mol. The smallest absolute Gasteiger partial charge is 0.241 e. The summed E-state index contributed by atoms with van der Waals surface area (Å²) >= 11 is 0. The van der Waals surface area contributed by atoms with Gasteiger partial charge in [-0.25, -0.2) is 9.98 Å². The maximum absolute atomic E-state index is 12.0. The molecule has 1 aromatic heterocycles.